The van der Waals surface area contributed by atoms with E-state index in [4.69, 9.17) is 42.8 Å². The monoisotopic (exact) mass is 534 g/mol. The van der Waals surface area contributed by atoms with Crippen LogP contribution in [-0.2, 0) is 6.42 Å². The number of halogens is 1. The van der Waals surface area contributed by atoms with E-state index < -0.39 is 0 Å². The normalized spacial score (nSPS) is 14.1. The Hall–Kier alpha value is -2.71. The average Bonchev–Trinajstić information content (AvgIpc) is 3.12. The topological polar surface area (TPSA) is 69.3 Å². The maximum Gasteiger partial charge on any atom is 0.220 e. The van der Waals surface area contributed by atoms with Crippen LogP contribution >= 0.6 is 23.8 Å². The van der Waals surface area contributed by atoms with E-state index in [1.165, 1.54) is 7.11 Å². The van der Waals surface area contributed by atoms with E-state index in [2.05, 4.69) is 24.1 Å². The zero-order valence-corrected chi connectivity index (χ0v) is 23.4. The summed E-state index contributed by atoms with van der Waals surface area (Å²) in [6.45, 7) is 5.98. The second-order valence-electron chi connectivity index (χ2n) is 8.57. The van der Waals surface area contributed by atoms with Gasteiger partial charge in [0.25, 0.3) is 0 Å². The Morgan fingerprint density at radius 1 is 1.03 bits per heavy atom. The summed E-state index contributed by atoms with van der Waals surface area (Å²) in [4.78, 5) is 15.2. The van der Waals surface area contributed by atoms with E-state index in [1.807, 2.05) is 6.07 Å². The van der Waals surface area contributed by atoms with Gasteiger partial charge >= 0.3 is 0 Å². The molecule has 1 aliphatic carbocycles. The Morgan fingerprint density at radius 2 is 1.67 bits per heavy atom. The van der Waals surface area contributed by atoms with Gasteiger partial charge in [0.05, 0.1) is 39.5 Å². The van der Waals surface area contributed by atoms with Crippen molar-refractivity contribution in [3.63, 3.8) is 0 Å². The highest BCUT2D eigenvalue weighted by Crippen LogP contribution is 2.54. The van der Waals surface area contributed by atoms with Gasteiger partial charge in [0.1, 0.15) is 0 Å². The second-order valence-corrected chi connectivity index (χ2v) is 9.34. The van der Waals surface area contributed by atoms with Gasteiger partial charge in [0, 0.05) is 18.7 Å². The molecule has 0 fully saturated rings. The van der Waals surface area contributed by atoms with Gasteiger partial charge < -0.3 is 29.2 Å². The maximum atomic E-state index is 13.1. The first-order valence-electron chi connectivity index (χ1n) is 12.1. The SMILES string of the molecule is CCCN(CCC)C(=S)N[C@H]1CCc2c(Cl)c(OC)c(OC)c(OC)c2-c2ccc(OC)c(=O)cc21. The van der Waals surface area contributed by atoms with Gasteiger partial charge in [-0.3, -0.25) is 4.79 Å². The highest BCUT2D eigenvalue weighted by atomic mass is 35.5. The number of fused-ring (bicyclic) bond motifs is 3. The molecule has 0 aromatic heterocycles. The van der Waals surface area contributed by atoms with Gasteiger partial charge in [-0.25, -0.2) is 0 Å². The van der Waals surface area contributed by atoms with Crippen molar-refractivity contribution in [1.29, 1.82) is 0 Å². The predicted molar refractivity (Wildman–Crippen MR) is 148 cm³/mol. The molecule has 1 atom stereocenters. The number of rotatable bonds is 9. The molecule has 36 heavy (non-hydrogen) atoms. The molecule has 1 aliphatic rings. The number of hydrogen-bond acceptors (Lipinski definition) is 6. The van der Waals surface area contributed by atoms with Crippen LogP contribution in [0.4, 0.5) is 0 Å². The fraction of sp³-hybridized carbons (Fsp3) is 0.481. The molecule has 0 aliphatic heterocycles. The van der Waals surface area contributed by atoms with Gasteiger partial charge in [-0.1, -0.05) is 31.5 Å². The molecule has 0 saturated heterocycles. The van der Waals surface area contributed by atoms with E-state index in [0.29, 0.717) is 40.2 Å². The van der Waals surface area contributed by atoms with Gasteiger partial charge in [-0.2, -0.15) is 0 Å². The third-order valence-electron chi connectivity index (χ3n) is 6.38. The quantitative estimate of drug-likeness (QED) is 0.430. The average molecular weight is 535 g/mol. The van der Waals surface area contributed by atoms with Crippen molar-refractivity contribution in [1.82, 2.24) is 10.2 Å². The third-order valence-corrected chi connectivity index (χ3v) is 7.16. The molecule has 2 aromatic rings. The van der Waals surface area contributed by atoms with Gasteiger partial charge in [0.15, 0.2) is 22.4 Å². The van der Waals surface area contributed by atoms with Gasteiger partial charge in [0.2, 0.25) is 11.2 Å². The Kier molecular flexibility index (Phi) is 9.68. The number of nitrogens with zero attached hydrogens (tertiary/aromatic N) is 1. The van der Waals surface area contributed by atoms with Crippen LogP contribution in [-0.4, -0.2) is 51.5 Å². The number of methoxy groups -OCH3 is 4. The van der Waals surface area contributed by atoms with Crippen LogP contribution in [0.3, 0.4) is 0 Å². The van der Waals surface area contributed by atoms with Crippen molar-refractivity contribution in [2.75, 3.05) is 41.5 Å². The fourth-order valence-corrected chi connectivity index (χ4v) is 5.46. The summed E-state index contributed by atoms with van der Waals surface area (Å²) in [7, 11) is 6.16. The molecular formula is C27H35ClN2O5S. The number of thiocarbonyl (C=S) groups is 1. The first kappa shape index (κ1) is 27.9. The molecule has 0 saturated carbocycles. The molecule has 7 nitrogen and oxygen atoms in total. The maximum absolute atomic E-state index is 13.1. The number of hydrogen-bond donors (Lipinski definition) is 1. The minimum atomic E-state index is -0.237. The molecule has 2 aromatic carbocycles. The zero-order chi connectivity index (χ0) is 26.4. The van der Waals surface area contributed by atoms with Crippen molar-refractivity contribution >= 4 is 28.9 Å². The minimum Gasteiger partial charge on any atom is -0.493 e. The number of nitrogens with one attached hydrogen (secondary N) is 1. The molecule has 0 spiro atoms. The van der Waals surface area contributed by atoms with E-state index >= 15 is 0 Å². The van der Waals surface area contributed by atoms with E-state index in [0.717, 1.165) is 48.2 Å². The van der Waals surface area contributed by atoms with Crippen molar-refractivity contribution < 1.29 is 18.9 Å². The van der Waals surface area contributed by atoms with Crippen LogP contribution in [0, 0.1) is 0 Å². The summed E-state index contributed by atoms with van der Waals surface area (Å²) in [5.41, 5.74) is 2.99. The lowest BCUT2D eigenvalue weighted by Gasteiger charge is -2.29. The molecule has 0 heterocycles. The lowest BCUT2D eigenvalue weighted by atomic mass is 9.95. The molecule has 1 N–H and O–H groups in total. The van der Waals surface area contributed by atoms with Gasteiger partial charge in [-0.15, -0.1) is 0 Å². The Morgan fingerprint density at radius 3 is 2.22 bits per heavy atom. The summed E-state index contributed by atoms with van der Waals surface area (Å²) < 4.78 is 22.5. The van der Waals surface area contributed by atoms with Crippen molar-refractivity contribution in [3.8, 4) is 34.1 Å². The zero-order valence-electron chi connectivity index (χ0n) is 21.8. The Labute approximate surface area is 223 Å². The molecule has 0 bridgehead atoms. The van der Waals surface area contributed by atoms with Crippen molar-refractivity contribution in [2.45, 2.75) is 45.6 Å². The highest BCUT2D eigenvalue weighted by molar-refractivity contribution is 7.80. The summed E-state index contributed by atoms with van der Waals surface area (Å²) >= 11 is 12.7. The fourth-order valence-electron chi connectivity index (χ4n) is 4.78. The van der Waals surface area contributed by atoms with Gasteiger partial charge in [-0.05, 0) is 66.7 Å². The first-order valence-corrected chi connectivity index (χ1v) is 12.9. The highest BCUT2D eigenvalue weighted by Gasteiger charge is 2.32. The summed E-state index contributed by atoms with van der Waals surface area (Å²) in [6, 6.07) is 4.94. The van der Waals surface area contributed by atoms with Crippen molar-refractivity contribution in [2.24, 2.45) is 0 Å². The summed E-state index contributed by atoms with van der Waals surface area (Å²) in [5, 5.41) is 4.67. The van der Waals surface area contributed by atoms with E-state index in [9.17, 15) is 4.79 Å². The molecule has 3 rings (SSSR count). The number of ether oxygens (including phenoxy) is 4. The molecule has 0 unspecified atom stereocenters. The van der Waals surface area contributed by atoms with Crippen LogP contribution in [0.15, 0.2) is 23.0 Å². The minimum absolute atomic E-state index is 0.218. The lowest BCUT2D eigenvalue weighted by Crippen LogP contribution is -2.42. The van der Waals surface area contributed by atoms with Crippen LogP contribution in [0.5, 0.6) is 23.0 Å². The molecule has 0 radical (unpaired) electrons. The standard InChI is InChI=1S/C27H35ClN2O5S/c1-7-13-30(14-8-2)27(36)29-19-11-9-17-22(16-10-12-21(32-3)20(31)15-18(16)19)24(33-4)26(35-6)25(34-5)23(17)28/h10,12,15,19H,7-9,11,13-14H2,1-6H3,(H,29,36)/t19-/m0/s1. The third kappa shape index (κ3) is 5.34. The van der Waals surface area contributed by atoms with Crippen LogP contribution in [0.1, 0.15) is 50.3 Å². The summed E-state index contributed by atoms with van der Waals surface area (Å²) in [6.07, 6.45) is 3.22. The van der Waals surface area contributed by atoms with Crippen LogP contribution < -0.4 is 29.7 Å². The van der Waals surface area contributed by atoms with E-state index in [-0.39, 0.29) is 17.2 Å². The first-order chi connectivity index (χ1) is 17.4. The molecule has 196 valence electrons. The predicted octanol–water partition coefficient (Wildman–Crippen LogP) is 5.39. The molecule has 0 amide bonds. The lowest BCUT2D eigenvalue weighted by molar-refractivity contribution is 0.325. The van der Waals surface area contributed by atoms with Crippen LogP contribution in [0.25, 0.3) is 11.1 Å². The summed E-state index contributed by atoms with van der Waals surface area (Å²) in [5.74, 6) is 1.55. The van der Waals surface area contributed by atoms with E-state index in [1.54, 1.807) is 33.5 Å². The number of benzene rings is 1. The second kappa shape index (κ2) is 12.5. The van der Waals surface area contributed by atoms with Crippen molar-refractivity contribution in [3.05, 3.63) is 44.6 Å². The molecule has 9 heteroatoms. The smallest absolute Gasteiger partial charge is 0.220 e. The largest absolute Gasteiger partial charge is 0.493 e. The van der Waals surface area contributed by atoms with Crippen LogP contribution in [0.2, 0.25) is 5.02 Å². The Bertz CT molecular complexity index is 1170. The molecular weight excluding hydrogens is 500 g/mol. The Balaban J connectivity index is 2.29.